The summed E-state index contributed by atoms with van der Waals surface area (Å²) in [6.07, 6.45) is 0. The van der Waals surface area contributed by atoms with Gasteiger partial charge >= 0.3 is 0 Å². The fraction of sp³-hybridized carbons (Fsp3) is 0.0222. The van der Waals surface area contributed by atoms with E-state index in [1.54, 1.807) is 0 Å². The minimum atomic E-state index is 1.15. The molecule has 2 heteroatoms. The van der Waals surface area contributed by atoms with Crippen LogP contribution in [0.3, 0.4) is 0 Å². The van der Waals surface area contributed by atoms with Crippen molar-refractivity contribution < 1.29 is 0 Å². The van der Waals surface area contributed by atoms with Crippen molar-refractivity contribution in [3.05, 3.63) is 176 Å². The first-order valence-corrected chi connectivity index (χ1v) is 16.2. The number of hydrogen-bond donors (Lipinski definition) is 0. The molecule has 0 aliphatic heterocycles. The molecule has 0 saturated heterocycles. The lowest BCUT2D eigenvalue weighted by atomic mass is 9.96. The average molecular weight is 601 g/mol. The summed E-state index contributed by atoms with van der Waals surface area (Å²) in [5.74, 6) is 0. The summed E-state index contributed by atoms with van der Waals surface area (Å²) in [6, 6.07) is 63.7. The van der Waals surface area contributed by atoms with Gasteiger partial charge in [0.25, 0.3) is 0 Å². The Bertz CT molecular complexity index is 2540. The summed E-state index contributed by atoms with van der Waals surface area (Å²) in [4.78, 5) is 2.23. The average Bonchev–Trinajstić information content (AvgIpc) is 3.51. The van der Waals surface area contributed by atoms with Crippen LogP contribution in [0.15, 0.2) is 176 Å². The Hall–Kier alpha value is -6.12. The molecular weight excluding hydrogens is 569 g/mol. The van der Waals surface area contributed by atoms with E-state index in [2.05, 4.69) is 192 Å². The first-order chi connectivity index (χ1) is 23.3. The molecule has 0 amide bonds. The molecule has 1 heterocycles. The zero-order valence-corrected chi connectivity index (χ0v) is 26.1. The first kappa shape index (κ1) is 27.2. The minimum absolute atomic E-state index is 1.15. The quantitative estimate of drug-likeness (QED) is 0.178. The van der Waals surface area contributed by atoms with E-state index in [0.717, 1.165) is 11.4 Å². The lowest BCUT2D eigenvalue weighted by Crippen LogP contribution is -2.08. The highest BCUT2D eigenvalue weighted by atomic mass is 15.1. The highest BCUT2D eigenvalue weighted by Gasteiger charge is 2.21. The van der Waals surface area contributed by atoms with Crippen LogP contribution in [-0.4, -0.2) is 11.6 Å². The zero-order chi connectivity index (χ0) is 31.3. The van der Waals surface area contributed by atoms with Gasteiger partial charge in [0.1, 0.15) is 0 Å². The Labute approximate surface area is 274 Å². The second-order valence-corrected chi connectivity index (χ2v) is 12.2. The number of anilines is 2. The van der Waals surface area contributed by atoms with Crippen LogP contribution in [0, 0.1) is 0 Å². The second kappa shape index (κ2) is 11.0. The lowest BCUT2D eigenvalue weighted by Gasteiger charge is -2.20. The van der Waals surface area contributed by atoms with Gasteiger partial charge in [-0.3, -0.25) is 0 Å². The van der Waals surface area contributed by atoms with Crippen molar-refractivity contribution >= 4 is 54.7 Å². The highest BCUT2D eigenvalue weighted by molar-refractivity contribution is 6.33. The minimum Gasteiger partial charge on any atom is -0.345 e. The molecule has 9 aromatic rings. The van der Waals surface area contributed by atoms with Crippen molar-refractivity contribution in [3.8, 4) is 27.9 Å². The van der Waals surface area contributed by atoms with Gasteiger partial charge in [0.05, 0.1) is 11.0 Å². The summed E-state index contributed by atoms with van der Waals surface area (Å²) in [5, 5.41) is 7.65. The summed E-state index contributed by atoms with van der Waals surface area (Å²) in [7, 11) is 2.12. The van der Waals surface area contributed by atoms with E-state index in [0.29, 0.717) is 0 Å². The van der Waals surface area contributed by atoms with Crippen molar-refractivity contribution in [3.63, 3.8) is 0 Å². The Balaban J connectivity index is 1.33. The van der Waals surface area contributed by atoms with Crippen molar-refractivity contribution in [1.82, 2.24) is 4.57 Å². The van der Waals surface area contributed by atoms with Crippen molar-refractivity contribution in [1.29, 1.82) is 0 Å². The monoisotopic (exact) mass is 600 g/mol. The van der Waals surface area contributed by atoms with Crippen LogP contribution >= 0.6 is 0 Å². The van der Waals surface area contributed by atoms with Crippen LogP contribution in [0.4, 0.5) is 11.4 Å². The maximum absolute atomic E-state index is 2.51. The van der Waals surface area contributed by atoms with Crippen LogP contribution in [-0.2, 0) is 0 Å². The van der Waals surface area contributed by atoms with Gasteiger partial charge in [-0.2, -0.15) is 0 Å². The standard InChI is InChI=1S/C45H32N2/c1-46(34-15-6-3-7-16-34)35-27-25-33(26-28-35)37-21-12-22-42-43-40-19-10-8-17-38(40)39-18-9-11-20-41(39)45(43)47(44(37)42)36-29-23-32(24-30-36)31-13-4-2-5-14-31/h2-30H,1H3. The Morgan fingerprint density at radius 3 is 1.57 bits per heavy atom. The molecule has 0 saturated carbocycles. The molecule has 0 atom stereocenters. The van der Waals surface area contributed by atoms with E-state index in [1.165, 1.54) is 71.3 Å². The Morgan fingerprint density at radius 1 is 0.362 bits per heavy atom. The molecule has 0 aliphatic rings. The number of para-hydroxylation sites is 2. The smallest absolute Gasteiger partial charge is 0.0626 e. The van der Waals surface area contributed by atoms with Gasteiger partial charge in [0, 0.05) is 45.8 Å². The van der Waals surface area contributed by atoms with Gasteiger partial charge in [-0.15, -0.1) is 0 Å². The molecule has 0 N–H and O–H groups in total. The molecule has 0 fully saturated rings. The predicted molar refractivity (Wildman–Crippen MR) is 201 cm³/mol. The molecule has 47 heavy (non-hydrogen) atoms. The number of benzene rings is 8. The molecule has 1 aromatic heterocycles. The van der Waals surface area contributed by atoms with Crippen LogP contribution < -0.4 is 4.90 Å². The molecule has 2 nitrogen and oxygen atoms in total. The van der Waals surface area contributed by atoms with E-state index in [-0.39, 0.29) is 0 Å². The summed E-state index contributed by atoms with van der Waals surface area (Å²) in [6.45, 7) is 0. The van der Waals surface area contributed by atoms with E-state index in [4.69, 9.17) is 0 Å². The molecule has 0 bridgehead atoms. The van der Waals surface area contributed by atoms with Gasteiger partial charge in [-0.05, 0) is 69.2 Å². The van der Waals surface area contributed by atoms with Gasteiger partial charge in [-0.25, -0.2) is 0 Å². The summed E-state index contributed by atoms with van der Waals surface area (Å²) >= 11 is 0. The van der Waals surface area contributed by atoms with E-state index in [1.807, 2.05) is 0 Å². The lowest BCUT2D eigenvalue weighted by molar-refractivity contribution is 1.19. The highest BCUT2D eigenvalue weighted by Crippen LogP contribution is 2.45. The molecule has 0 spiro atoms. The van der Waals surface area contributed by atoms with Gasteiger partial charge < -0.3 is 9.47 Å². The third-order valence-electron chi connectivity index (χ3n) is 9.60. The van der Waals surface area contributed by atoms with E-state index >= 15 is 0 Å². The van der Waals surface area contributed by atoms with Crippen molar-refractivity contribution in [2.45, 2.75) is 0 Å². The maximum Gasteiger partial charge on any atom is 0.0626 e. The van der Waals surface area contributed by atoms with E-state index in [9.17, 15) is 0 Å². The third-order valence-corrected chi connectivity index (χ3v) is 9.60. The van der Waals surface area contributed by atoms with Crippen LogP contribution in [0.2, 0.25) is 0 Å². The molecule has 0 unspecified atom stereocenters. The summed E-state index contributed by atoms with van der Waals surface area (Å²) < 4.78 is 2.51. The third kappa shape index (κ3) is 4.41. The molecule has 9 rings (SSSR count). The summed E-state index contributed by atoms with van der Waals surface area (Å²) in [5.41, 5.74) is 10.8. The topological polar surface area (TPSA) is 8.17 Å². The van der Waals surface area contributed by atoms with Gasteiger partial charge in [0.15, 0.2) is 0 Å². The first-order valence-electron chi connectivity index (χ1n) is 16.2. The molecule has 0 aliphatic carbocycles. The number of aromatic nitrogens is 1. The molecular formula is C45H32N2. The fourth-order valence-electron chi connectivity index (χ4n) is 7.32. The van der Waals surface area contributed by atoms with Crippen molar-refractivity contribution in [2.75, 3.05) is 11.9 Å². The number of fused-ring (bicyclic) bond motifs is 8. The van der Waals surface area contributed by atoms with E-state index < -0.39 is 0 Å². The Morgan fingerprint density at radius 2 is 0.872 bits per heavy atom. The Kier molecular flexibility index (Phi) is 6.39. The number of rotatable bonds is 5. The van der Waals surface area contributed by atoms with Gasteiger partial charge in [0.2, 0.25) is 0 Å². The predicted octanol–water partition coefficient (Wildman–Crippen LogP) is 12.2. The molecule has 222 valence electrons. The number of hydrogen-bond acceptors (Lipinski definition) is 1. The largest absolute Gasteiger partial charge is 0.345 e. The number of nitrogens with zero attached hydrogens (tertiary/aromatic N) is 2. The van der Waals surface area contributed by atoms with Gasteiger partial charge in [-0.1, -0.05) is 140 Å². The molecule has 8 aromatic carbocycles. The van der Waals surface area contributed by atoms with Crippen LogP contribution in [0.25, 0.3) is 71.3 Å². The normalized spacial score (nSPS) is 11.5. The molecule has 0 radical (unpaired) electrons. The zero-order valence-electron chi connectivity index (χ0n) is 26.1. The van der Waals surface area contributed by atoms with Crippen LogP contribution in [0.5, 0.6) is 0 Å². The maximum atomic E-state index is 2.51. The SMILES string of the molecule is CN(c1ccccc1)c1ccc(-c2cccc3c4c5ccccc5c5ccccc5c4n(-c4ccc(-c5ccccc5)cc4)c23)cc1. The van der Waals surface area contributed by atoms with Crippen molar-refractivity contribution in [2.24, 2.45) is 0 Å². The fourth-order valence-corrected chi connectivity index (χ4v) is 7.32. The second-order valence-electron chi connectivity index (χ2n) is 12.2. The van der Waals surface area contributed by atoms with Crippen LogP contribution in [0.1, 0.15) is 0 Å².